The van der Waals surface area contributed by atoms with E-state index in [1.165, 1.54) is 18.2 Å². The van der Waals surface area contributed by atoms with Gasteiger partial charge >= 0.3 is 0 Å². The zero-order valence-electron chi connectivity index (χ0n) is 11.2. The smallest absolute Gasteiger partial charge is 0.224 e. The van der Waals surface area contributed by atoms with E-state index in [9.17, 15) is 13.6 Å². The summed E-state index contributed by atoms with van der Waals surface area (Å²) in [7, 11) is 0. The number of carbonyl (C=O) groups excluding carboxylic acids is 1. The van der Waals surface area contributed by atoms with Crippen molar-refractivity contribution in [1.29, 1.82) is 0 Å². The molecule has 2 unspecified atom stereocenters. The van der Waals surface area contributed by atoms with Crippen LogP contribution in [0.4, 0.5) is 8.78 Å². The molecule has 2 nitrogen and oxygen atoms in total. The minimum absolute atomic E-state index is 0.0415. The highest BCUT2D eigenvalue weighted by molar-refractivity contribution is 9.09. The molecule has 1 aromatic carbocycles. The summed E-state index contributed by atoms with van der Waals surface area (Å²) in [6.07, 6.45) is 5.04. The molecule has 1 aromatic rings. The molecular formula is C15H18BrF2NO. The van der Waals surface area contributed by atoms with Crippen molar-refractivity contribution in [3.63, 3.8) is 0 Å². The summed E-state index contributed by atoms with van der Waals surface area (Å²) in [5.41, 5.74) is -0.162. The van der Waals surface area contributed by atoms with E-state index in [1.54, 1.807) is 0 Å². The Hall–Kier alpha value is -0.970. The highest BCUT2D eigenvalue weighted by atomic mass is 79.9. The second kappa shape index (κ2) is 7.16. The van der Waals surface area contributed by atoms with Crippen LogP contribution in [-0.4, -0.2) is 16.8 Å². The van der Waals surface area contributed by atoms with Crippen molar-refractivity contribution < 1.29 is 13.6 Å². The van der Waals surface area contributed by atoms with Crippen LogP contribution >= 0.6 is 15.9 Å². The molecule has 2 atom stereocenters. The number of hydrogen-bond donors (Lipinski definition) is 1. The Morgan fingerprint density at radius 2 is 1.85 bits per heavy atom. The summed E-state index contributed by atoms with van der Waals surface area (Å²) >= 11 is 3.58. The second-order valence-corrected chi connectivity index (χ2v) is 6.38. The molecule has 2 rings (SSSR count). The molecular weight excluding hydrogens is 328 g/mol. The fourth-order valence-electron chi connectivity index (χ4n) is 2.54. The first-order chi connectivity index (χ1) is 9.58. The van der Waals surface area contributed by atoms with Crippen LogP contribution in [0.3, 0.4) is 0 Å². The average Bonchev–Trinajstić information content (AvgIpc) is 2.60. The molecule has 1 aliphatic carbocycles. The molecule has 5 heteroatoms. The van der Waals surface area contributed by atoms with Gasteiger partial charge in [-0.1, -0.05) is 41.3 Å². The van der Waals surface area contributed by atoms with E-state index in [-0.39, 0.29) is 28.8 Å². The predicted molar refractivity (Wildman–Crippen MR) is 77.8 cm³/mol. The molecule has 1 N–H and O–H groups in total. The molecule has 0 radical (unpaired) electrons. The number of carbonyl (C=O) groups is 1. The summed E-state index contributed by atoms with van der Waals surface area (Å²) in [4.78, 5) is 12.2. The number of nitrogens with one attached hydrogen (secondary N) is 1. The maximum atomic E-state index is 13.5. The van der Waals surface area contributed by atoms with Crippen LogP contribution in [0.25, 0.3) is 0 Å². The lowest BCUT2D eigenvalue weighted by Gasteiger charge is -2.21. The summed E-state index contributed by atoms with van der Waals surface area (Å²) in [5, 5.41) is 2.89. The third-order valence-electron chi connectivity index (χ3n) is 3.68. The van der Waals surface area contributed by atoms with Gasteiger partial charge in [0.2, 0.25) is 5.91 Å². The predicted octanol–water partition coefficient (Wildman–Crippen LogP) is 3.72. The Balaban J connectivity index is 1.98. The third kappa shape index (κ3) is 4.01. The highest BCUT2D eigenvalue weighted by Gasteiger charge is 2.23. The van der Waals surface area contributed by atoms with Gasteiger partial charge in [-0.3, -0.25) is 4.79 Å². The van der Waals surface area contributed by atoms with Gasteiger partial charge in [0.15, 0.2) is 0 Å². The molecule has 1 saturated carbocycles. The maximum absolute atomic E-state index is 13.5. The molecule has 0 aromatic heterocycles. The normalized spacial score (nSPS) is 23.1. The molecule has 0 spiro atoms. The van der Waals surface area contributed by atoms with E-state index in [1.807, 2.05) is 0 Å². The summed E-state index contributed by atoms with van der Waals surface area (Å²) in [5.74, 6) is -1.67. The van der Waals surface area contributed by atoms with Gasteiger partial charge in [0.05, 0.1) is 6.42 Å². The third-order valence-corrected chi connectivity index (χ3v) is 4.77. The van der Waals surface area contributed by atoms with E-state index >= 15 is 0 Å². The van der Waals surface area contributed by atoms with E-state index in [2.05, 4.69) is 21.2 Å². The van der Waals surface area contributed by atoms with Crippen molar-refractivity contribution in [3.8, 4) is 0 Å². The Morgan fingerprint density at radius 3 is 2.55 bits per heavy atom. The van der Waals surface area contributed by atoms with Crippen LogP contribution in [0.15, 0.2) is 18.2 Å². The lowest BCUT2D eigenvalue weighted by atomic mass is 10.1. The van der Waals surface area contributed by atoms with Crippen molar-refractivity contribution in [3.05, 3.63) is 35.4 Å². The molecule has 1 fully saturated rings. The van der Waals surface area contributed by atoms with Crippen molar-refractivity contribution in [2.24, 2.45) is 0 Å². The Morgan fingerprint density at radius 1 is 1.20 bits per heavy atom. The van der Waals surface area contributed by atoms with Crippen LogP contribution in [-0.2, 0) is 11.2 Å². The van der Waals surface area contributed by atoms with E-state index in [0.717, 1.165) is 32.1 Å². The summed E-state index contributed by atoms with van der Waals surface area (Å²) in [6, 6.07) is 3.68. The van der Waals surface area contributed by atoms with Gasteiger partial charge in [-0.2, -0.15) is 0 Å². The minimum Gasteiger partial charge on any atom is -0.352 e. The minimum atomic E-state index is -0.670. The van der Waals surface area contributed by atoms with Gasteiger partial charge in [-0.05, 0) is 25.0 Å². The second-order valence-electron chi connectivity index (χ2n) is 5.20. The molecule has 0 saturated heterocycles. The average molecular weight is 346 g/mol. The van der Waals surface area contributed by atoms with Crippen molar-refractivity contribution >= 4 is 21.8 Å². The summed E-state index contributed by atoms with van der Waals surface area (Å²) < 4.78 is 27.0. The van der Waals surface area contributed by atoms with Crippen molar-refractivity contribution in [2.45, 2.75) is 49.4 Å². The van der Waals surface area contributed by atoms with E-state index in [4.69, 9.17) is 0 Å². The molecule has 110 valence electrons. The molecule has 20 heavy (non-hydrogen) atoms. The first kappa shape index (κ1) is 15.4. The Bertz CT molecular complexity index is 461. The number of hydrogen-bond acceptors (Lipinski definition) is 1. The van der Waals surface area contributed by atoms with Crippen LogP contribution < -0.4 is 5.32 Å². The number of benzene rings is 1. The maximum Gasteiger partial charge on any atom is 0.224 e. The first-order valence-electron chi connectivity index (χ1n) is 6.94. The van der Waals surface area contributed by atoms with E-state index in [0.29, 0.717) is 0 Å². The van der Waals surface area contributed by atoms with E-state index < -0.39 is 11.6 Å². The van der Waals surface area contributed by atoms with Gasteiger partial charge in [0, 0.05) is 16.4 Å². The van der Waals surface area contributed by atoms with Crippen LogP contribution in [0.1, 0.15) is 37.7 Å². The Labute approximate surface area is 126 Å². The highest BCUT2D eigenvalue weighted by Crippen LogP contribution is 2.24. The molecule has 0 heterocycles. The molecule has 1 amide bonds. The van der Waals surface area contributed by atoms with Crippen LogP contribution in [0.5, 0.6) is 0 Å². The monoisotopic (exact) mass is 345 g/mol. The SMILES string of the molecule is O=C(Cc1c(F)cccc1F)NC1CCCCCC1Br. The zero-order valence-corrected chi connectivity index (χ0v) is 12.8. The fourth-order valence-corrected chi connectivity index (χ4v) is 3.26. The van der Waals surface area contributed by atoms with Gasteiger partial charge in [0.25, 0.3) is 0 Å². The van der Waals surface area contributed by atoms with Gasteiger partial charge < -0.3 is 5.32 Å². The van der Waals surface area contributed by atoms with Gasteiger partial charge in [0.1, 0.15) is 11.6 Å². The lowest BCUT2D eigenvalue weighted by Crippen LogP contribution is -2.41. The number of halogens is 3. The molecule has 0 aliphatic heterocycles. The lowest BCUT2D eigenvalue weighted by molar-refractivity contribution is -0.121. The standard InChI is InChI=1S/C15H18BrF2NO/c16-11-5-2-1-3-8-14(11)19-15(20)9-10-12(17)6-4-7-13(10)18/h4,6-7,11,14H,1-3,5,8-9H2,(H,19,20). The van der Waals surface area contributed by atoms with Crippen molar-refractivity contribution in [1.82, 2.24) is 5.32 Å². The van der Waals surface area contributed by atoms with Gasteiger partial charge in [-0.25, -0.2) is 8.78 Å². The van der Waals surface area contributed by atoms with Crippen LogP contribution in [0.2, 0.25) is 0 Å². The summed E-state index contributed by atoms with van der Waals surface area (Å²) in [6.45, 7) is 0. The zero-order chi connectivity index (χ0) is 14.5. The quantitative estimate of drug-likeness (QED) is 0.656. The van der Waals surface area contributed by atoms with Gasteiger partial charge in [-0.15, -0.1) is 0 Å². The number of rotatable bonds is 3. The topological polar surface area (TPSA) is 29.1 Å². The fraction of sp³-hybridized carbons (Fsp3) is 0.533. The van der Waals surface area contributed by atoms with Crippen LogP contribution in [0, 0.1) is 11.6 Å². The number of alkyl halides is 1. The number of amides is 1. The largest absolute Gasteiger partial charge is 0.352 e. The molecule has 1 aliphatic rings. The Kier molecular flexibility index (Phi) is 5.52. The van der Waals surface area contributed by atoms with Crippen molar-refractivity contribution in [2.75, 3.05) is 0 Å². The first-order valence-corrected chi connectivity index (χ1v) is 7.86. The molecule has 0 bridgehead atoms.